The fourth-order valence-electron chi connectivity index (χ4n) is 1.93. The van der Waals surface area contributed by atoms with Crippen LogP contribution in [0.3, 0.4) is 0 Å². The van der Waals surface area contributed by atoms with E-state index < -0.39 is 0 Å². The van der Waals surface area contributed by atoms with Crippen molar-refractivity contribution < 1.29 is 4.42 Å². The molecule has 1 atom stereocenters. The van der Waals surface area contributed by atoms with Gasteiger partial charge in [-0.1, -0.05) is 13.0 Å². The molecule has 4 nitrogen and oxygen atoms in total. The van der Waals surface area contributed by atoms with Gasteiger partial charge in [-0.05, 0) is 36.6 Å². The Hall–Kier alpha value is -1.81. The van der Waals surface area contributed by atoms with E-state index in [1.807, 2.05) is 31.4 Å². The molecule has 0 bridgehead atoms. The summed E-state index contributed by atoms with van der Waals surface area (Å²) < 4.78 is 5.33. The van der Waals surface area contributed by atoms with E-state index in [0.717, 1.165) is 24.4 Å². The van der Waals surface area contributed by atoms with Crippen molar-refractivity contribution in [3.63, 3.8) is 0 Å². The molecule has 1 unspecified atom stereocenters. The van der Waals surface area contributed by atoms with Crippen LogP contribution >= 0.6 is 0 Å². The van der Waals surface area contributed by atoms with E-state index in [4.69, 9.17) is 10.2 Å². The van der Waals surface area contributed by atoms with Crippen molar-refractivity contribution >= 4 is 5.82 Å². The smallest absolute Gasteiger partial charge is 0.128 e. The molecule has 0 radical (unpaired) electrons. The van der Waals surface area contributed by atoms with Crippen molar-refractivity contribution in [2.75, 3.05) is 11.9 Å². The first-order valence-corrected chi connectivity index (χ1v) is 6.63. The van der Waals surface area contributed by atoms with Gasteiger partial charge in [0.05, 0.1) is 12.8 Å². The molecule has 0 amide bonds. The van der Waals surface area contributed by atoms with Gasteiger partial charge in [-0.3, -0.25) is 0 Å². The molecule has 2 aromatic heterocycles. The van der Waals surface area contributed by atoms with Crippen LogP contribution < -0.4 is 10.6 Å². The standard InChI is InChI=1S/C15H21N3O/c1-3-13(16)9-12-6-7-15(17-10-12)18(2)11-14-5-4-8-19-14/h4-8,10,13H,3,9,11,16H2,1-2H3. The van der Waals surface area contributed by atoms with Crippen LogP contribution in [0, 0.1) is 0 Å². The van der Waals surface area contributed by atoms with E-state index in [0.29, 0.717) is 6.54 Å². The Morgan fingerprint density at radius 1 is 1.37 bits per heavy atom. The summed E-state index contributed by atoms with van der Waals surface area (Å²) in [5.74, 6) is 1.87. The van der Waals surface area contributed by atoms with Gasteiger partial charge in [0.2, 0.25) is 0 Å². The highest BCUT2D eigenvalue weighted by Crippen LogP contribution is 2.14. The van der Waals surface area contributed by atoms with Crippen LogP contribution in [0.15, 0.2) is 41.1 Å². The second-order valence-electron chi connectivity index (χ2n) is 4.83. The zero-order valence-corrected chi connectivity index (χ0v) is 11.5. The molecule has 0 aromatic carbocycles. The lowest BCUT2D eigenvalue weighted by Crippen LogP contribution is -2.22. The topological polar surface area (TPSA) is 55.3 Å². The molecule has 2 N–H and O–H groups in total. The Labute approximate surface area is 114 Å². The van der Waals surface area contributed by atoms with Gasteiger partial charge in [0.15, 0.2) is 0 Å². The fourth-order valence-corrected chi connectivity index (χ4v) is 1.93. The van der Waals surface area contributed by atoms with Gasteiger partial charge in [0.1, 0.15) is 11.6 Å². The largest absolute Gasteiger partial charge is 0.467 e. The first-order valence-electron chi connectivity index (χ1n) is 6.63. The van der Waals surface area contributed by atoms with Crippen molar-refractivity contribution in [2.45, 2.75) is 32.4 Å². The third kappa shape index (κ3) is 3.83. The maximum atomic E-state index is 5.94. The van der Waals surface area contributed by atoms with Gasteiger partial charge in [-0.2, -0.15) is 0 Å². The summed E-state index contributed by atoms with van der Waals surface area (Å²) in [5, 5.41) is 0. The quantitative estimate of drug-likeness (QED) is 0.866. The number of aromatic nitrogens is 1. The lowest BCUT2D eigenvalue weighted by molar-refractivity contribution is 0.507. The highest BCUT2D eigenvalue weighted by Gasteiger charge is 2.06. The van der Waals surface area contributed by atoms with Gasteiger partial charge in [0.25, 0.3) is 0 Å². The Kier molecular flexibility index (Phi) is 4.58. The summed E-state index contributed by atoms with van der Waals surface area (Å²) >= 11 is 0. The van der Waals surface area contributed by atoms with Gasteiger partial charge < -0.3 is 15.1 Å². The van der Waals surface area contributed by atoms with Crippen LogP contribution in [-0.4, -0.2) is 18.1 Å². The van der Waals surface area contributed by atoms with Gasteiger partial charge in [-0.15, -0.1) is 0 Å². The lowest BCUT2D eigenvalue weighted by Gasteiger charge is -2.17. The minimum absolute atomic E-state index is 0.216. The molecule has 0 aliphatic carbocycles. The maximum Gasteiger partial charge on any atom is 0.128 e. The predicted octanol–water partition coefficient (Wildman–Crippen LogP) is 2.59. The molecule has 0 fully saturated rings. The van der Waals surface area contributed by atoms with E-state index in [1.165, 1.54) is 5.56 Å². The molecule has 2 heterocycles. The monoisotopic (exact) mass is 259 g/mol. The Bertz CT molecular complexity index is 479. The van der Waals surface area contributed by atoms with Crippen molar-refractivity contribution in [3.8, 4) is 0 Å². The molecule has 4 heteroatoms. The number of hydrogen-bond acceptors (Lipinski definition) is 4. The van der Waals surface area contributed by atoms with E-state index in [1.54, 1.807) is 6.26 Å². The van der Waals surface area contributed by atoms with Crippen LogP contribution in [0.4, 0.5) is 5.82 Å². The third-order valence-corrected chi connectivity index (χ3v) is 3.20. The van der Waals surface area contributed by atoms with Gasteiger partial charge >= 0.3 is 0 Å². The zero-order valence-electron chi connectivity index (χ0n) is 11.5. The van der Waals surface area contributed by atoms with Crippen LogP contribution in [0.1, 0.15) is 24.7 Å². The SMILES string of the molecule is CCC(N)Cc1ccc(N(C)Cc2ccco2)nc1. The average molecular weight is 259 g/mol. The Morgan fingerprint density at radius 3 is 2.79 bits per heavy atom. The Morgan fingerprint density at radius 2 is 2.21 bits per heavy atom. The molecular formula is C15H21N3O. The first kappa shape index (κ1) is 13.6. The first-order chi connectivity index (χ1) is 9.19. The zero-order chi connectivity index (χ0) is 13.7. The molecule has 0 spiro atoms. The summed E-state index contributed by atoms with van der Waals surface area (Å²) in [6.45, 7) is 2.82. The number of nitrogens with zero attached hydrogens (tertiary/aromatic N) is 2. The minimum Gasteiger partial charge on any atom is -0.467 e. The summed E-state index contributed by atoms with van der Waals surface area (Å²) in [4.78, 5) is 6.53. The van der Waals surface area contributed by atoms with Crippen molar-refractivity contribution in [1.29, 1.82) is 0 Å². The average Bonchev–Trinajstić information content (AvgIpc) is 2.92. The number of hydrogen-bond donors (Lipinski definition) is 1. The predicted molar refractivity (Wildman–Crippen MR) is 77.0 cm³/mol. The van der Waals surface area contributed by atoms with Crippen molar-refractivity contribution in [3.05, 3.63) is 48.0 Å². The highest BCUT2D eigenvalue weighted by atomic mass is 16.3. The summed E-state index contributed by atoms with van der Waals surface area (Å²) in [6.07, 6.45) is 5.46. The lowest BCUT2D eigenvalue weighted by atomic mass is 10.1. The molecule has 2 rings (SSSR count). The molecule has 102 valence electrons. The molecule has 0 aliphatic heterocycles. The number of rotatable bonds is 6. The van der Waals surface area contributed by atoms with Crippen LogP contribution in [0.5, 0.6) is 0 Å². The molecular weight excluding hydrogens is 238 g/mol. The summed E-state index contributed by atoms with van der Waals surface area (Å²) in [6, 6.07) is 8.20. The summed E-state index contributed by atoms with van der Waals surface area (Å²) in [7, 11) is 2.00. The molecule has 19 heavy (non-hydrogen) atoms. The Balaban J connectivity index is 1.97. The molecule has 0 aliphatic rings. The van der Waals surface area contributed by atoms with Crippen molar-refractivity contribution in [2.24, 2.45) is 5.73 Å². The highest BCUT2D eigenvalue weighted by molar-refractivity contribution is 5.38. The van der Waals surface area contributed by atoms with E-state index in [9.17, 15) is 0 Å². The van der Waals surface area contributed by atoms with Crippen LogP contribution in [0.2, 0.25) is 0 Å². The van der Waals surface area contributed by atoms with E-state index in [-0.39, 0.29) is 6.04 Å². The number of pyridine rings is 1. The van der Waals surface area contributed by atoms with Crippen LogP contribution in [-0.2, 0) is 13.0 Å². The fraction of sp³-hybridized carbons (Fsp3) is 0.400. The minimum atomic E-state index is 0.216. The molecule has 0 saturated heterocycles. The summed E-state index contributed by atoms with van der Waals surface area (Å²) in [5.41, 5.74) is 7.13. The normalized spacial score (nSPS) is 12.4. The maximum absolute atomic E-state index is 5.94. The van der Waals surface area contributed by atoms with Gasteiger partial charge in [-0.25, -0.2) is 4.98 Å². The van der Waals surface area contributed by atoms with E-state index >= 15 is 0 Å². The second kappa shape index (κ2) is 6.38. The van der Waals surface area contributed by atoms with Crippen LogP contribution in [0.25, 0.3) is 0 Å². The van der Waals surface area contributed by atoms with Gasteiger partial charge in [0, 0.05) is 19.3 Å². The number of anilines is 1. The third-order valence-electron chi connectivity index (χ3n) is 3.20. The molecule has 0 saturated carbocycles. The number of furan rings is 1. The second-order valence-corrected chi connectivity index (χ2v) is 4.83. The number of nitrogens with two attached hydrogens (primary N) is 1. The molecule has 2 aromatic rings. The van der Waals surface area contributed by atoms with E-state index in [2.05, 4.69) is 22.9 Å². The van der Waals surface area contributed by atoms with Crippen molar-refractivity contribution in [1.82, 2.24) is 4.98 Å².